The number of rotatable bonds is 2. The van der Waals surface area contributed by atoms with Crippen LogP contribution in [0.15, 0.2) is 0 Å². The van der Waals surface area contributed by atoms with Crippen LogP contribution in [0, 0.1) is 0 Å². The molecule has 0 aliphatic carbocycles. The molecule has 1 saturated heterocycles. The molecule has 0 aromatic carbocycles. The fourth-order valence-corrected chi connectivity index (χ4v) is 1.74. The third kappa shape index (κ3) is 1.89. The van der Waals surface area contributed by atoms with Gasteiger partial charge in [-0.05, 0) is 13.0 Å². The highest BCUT2D eigenvalue weighted by atomic mass is 19.3. The molecule has 0 radical (unpaired) electrons. The Kier molecular flexibility index (Phi) is 2.47. The van der Waals surface area contributed by atoms with Gasteiger partial charge in [0, 0.05) is 12.5 Å². The van der Waals surface area contributed by atoms with Crippen LogP contribution in [-0.4, -0.2) is 30.0 Å². The van der Waals surface area contributed by atoms with E-state index < -0.39 is 5.92 Å². The predicted octanol–water partition coefficient (Wildman–Crippen LogP) is 2.13. The summed E-state index contributed by atoms with van der Waals surface area (Å²) in [7, 11) is 0. The van der Waals surface area contributed by atoms with Crippen LogP contribution >= 0.6 is 0 Å². The van der Waals surface area contributed by atoms with Gasteiger partial charge in [-0.15, -0.1) is 0 Å². The first kappa shape index (κ1) is 8.91. The van der Waals surface area contributed by atoms with E-state index in [1.54, 1.807) is 0 Å². The quantitative estimate of drug-likeness (QED) is 0.602. The van der Waals surface area contributed by atoms with E-state index >= 15 is 0 Å². The molecular weight excluding hydrogens is 148 g/mol. The van der Waals surface area contributed by atoms with Gasteiger partial charge in [0.05, 0.1) is 6.54 Å². The second-order valence-corrected chi connectivity index (χ2v) is 3.19. The van der Waals surface area contributed by atoms with Crippen LogP contribution in [0.5, 0.6) is 0 Å². The van der Waals surface area contributed by atoms with Crippen LogP contribution in [0.25, 0.3) is 0 Å². The molecule has 0 aromatic heterocycles. The first-order valence-corrected chi connectivity index (χ1v) is 4.21. The fourth-order valence-electron chi connectivity index (χ4n) is 1.74. The Morgan fingerprint density at radius 1 is 1.45 bits per heavy atom. The average Bonchev–Trinajstić information content (AvgIpc) is 2.25. The summed E-state index contributed by atoms with van der Waals surface area (Å²) in [5.41, 5.74) is 0. The van der Waals surface area contributed by atoms with Crippen molar-refractivity contribution in [2.45, 2.75) is 38.7 Å². The Bertz CT molecular complexity index is 122. The zero-order valence-electron chi connectivity index (χ0n) is 7.11. The molecule has 0 aromatic rings. The summed E-state index contributed by atoms with van der Waals surface area (Å²) in [5, 5.41) is 0. The van der Waals surface area contributed by atoms with E-state index in [0.717, 1.165) is 13.0 Å². The first-order valence-electron chi connectivity index (χ1n) is 4.21. The molecule has 1 rings (SSSR count). The molecule has 3 heteroatoms. The monoisotopic (exact) mass is 163 g/mol. The normalized spacial score (nSPS) is 31.1. The van der Waals surface area contributed by atoms with Gasteiger partial charge in [-0.2, -0.15) is 0 Å². The lowest BCUT2D eigenvalue weighted by Gasteiger charge is -2.19. The first-order chi connectivity index (χ1) is 5.09. The highest BCUT2D eigenvalue weighted by Gasteiger charge is 2.43. The molecule has 66 valence electrons. The number of halogens is 2. The molecule has 1 unspecified atom stereocenters. The molecule has 1 fully saturated rings. The molecule has 1 nitrogen and oxygen atoms in total. The molecule has 1 heterocycles. The van der Waals surface area contributed by atoms with E-state index in [1.807, 2.05) is 18.7 Å². The van der Waals surface area contributed by atoms with Gasteiger partial charge in [0.25, 0.3) is 5.92 Å². The molecule has 1 atom stereocenters. The summed E-state index contributed by atoms with van der Waals surface area (Å²) in [4.78, 5) is 1.86. The van der Waals surface area contributed by atoms with Crippen LogP contribution in [0.4, 0.5) is 8.78 Å². The van der Waals surface area contributed by atoms with Gasteiger partial charge in [-0.1, -0.05) is 13.8 Å². The van der Waals surface area contributed by atoms with Crippen LogP contribution in [0.3, 0.4) is 0 Å². The summed E-state index contributed by atoms with van der Waals surface area (Å²) >= 11 is 0. The van der Waals surface area contributed by atoms with Gasteiger partial charge in [0.15, 0.2) is 0 Å². The molecule has 0 spiro atoms. The van der Waals surface area contributed by atoms with Crippen molar-refractivity contribution in [2.24, 2.45) is 0 Å². The standard InChI is InChI=1S/C8H15F2N/c1-3-7-5-8(9,10)6-11(7)4-2/h7H,3-6H2,1-2H3. The maximum absolute atomic E-state index is 12.8. The van der Waals surface area contributed by atoms with Gasteiger partial charge in [-0.25, -0.2) is 8.78 Å². The third-order valence-corrected chi connectivity index (χ3v) is 2.36. The lowest BCUT2D eigenvalue weighted by atomic mass is 10.1. The molecule has 0 bridgehead atoms. The van der Waals surface area contributed by atoms with E-state index in [2.05, 4.69) is 0 Å². The Hall–Kier alpha value is -0.180. The zero-order chi connectivity index (χ0) is 8.48. The molecule has 0 N–H and O–H groups in total. The largest absolute Gasteiger partial charge is 0.295 e. The summed E-state index contributed by atoms with van der Waals surface area (Å²) < 4.78 is 25.6. The average molecular weight is 163 g/mol. The summed E-state index contributed by atoms with van der Waals surface area (Å²) in [5.74, 6) is -2.43. The van der Waals surface area contributed by atoms with Gasteiger partial charge in [0.1, 0.15) is 0 Å². The molecule has 1 aliphatic heterocycles. The number of alkyl halides is 2. The van der Waals surface area contributed by atoms with Gasteiger partial charge >= 0.3 is 0 Å². The molecule has 0 amide bonds. The van der Waals surface area contributed by atoms with Crippen LogP contribution in [-0.2, 0) is 0 Å². The lowest BCUT2D eigenvalue weighted by molar-refractivity contribution is 0.0124. The van der Waals surface area contributed by atoms with Crippen molar-refractivity contribution >= 4 is 0 Å². The molecule has 1 aliphatic rings. The zero-order valence-corrected chi connectivity index (χ0v) is 7.11. The topological polar surface area (TPSA) is 3.24 Å². The van der Waals surface area contributed by atoms with Crippen molar-refractivity contribution in [3.8, 4) is 0 Å². The number of hydrogen-bond donors (Lipinski definition) is 0. The Morgan fingerprint density at radius 2 is 2.09 bits per heavy atom. The van der Waals surface area contributed by atoms with Gasteiger partial charge < -0.3 is 0 Å². The van der Waals surface area contributed by atoms with Crippen molar-refractivity contribution in [2.75, 3.05) is 13.1 Å². The van der Waals surface area contributed by atoms with Crippen LogP contribution in [0.2, 0.25) is 0 Å². The van der Waals surface area contributed by atoms with Crippen molar-refractivity contribution in [1.29, 1.82) is 0 Å². The Morgan fingerprint density at radius 3 is 2.45 bits per heavy atom. The van der Waals surface area contributed by atoms with Crippen molar-refractivity contribution in [1.82, 2.24) is 4.90 Å². The van der Waals surface area contributed by atoms with E-state index in [0.29, 0.717) is 0 Å². The minimum Gasteiger partial charge on any atom is -0.295 e. The van der Waals surface area contributed by atoms with Crippen molar-refractivity contribution in [3.63, 3.8) is 0 Å². The molecule has 11 heavy (non-hydrogen) atoms. The maximum Gasteiger partial charge on any atom is 0.262 e. The minimum atomic E-state index is -2.43. The second kappa shape index (κ2) is 3.05. The number of likely N-dealkylation sites (tertiary alicyclic amines) is 1. The van der Waals surface area contributed by atoms with E-state index in [1.165, 1.54) is 0 Å². The van der Waals surface area contributed by atoms with Crippen LogP contribution in [0.1, 0.15) is 26.7 Å². The third-order valence-electron chi connectivity index (χ3n) is 2.36. The smallest absolute Gasteiger partial charge is 0.262 e. The summed E-state index contributed by atoms with van der Waals surface area (Å²) in [6.45, 7) is 4.61. The summed E-state index contributed by atoms with van der Waals surface area (Å²) in [6, 6.07) is 0.106. The van der Waals surface area contributed by atoms with E-state index in [-0.39, 0.29) is 19.0 Å². The second-order valence-electron chi connectivity index (χ2n) is 3.19. The molecule has 0 saturated carbocycles. The highest BCUT2D eigenvalue weighted by Crippen LogP contribution is 2.32. The minimum absolute atomic E-state index is 0.0397. The Labute approximate surface area is 66.4 Å². The maximum atomic E-state index is 12.8. The Balaban J connectivity index is 2.55. The summed E-state index contributed by atoms with van der Waals surface area (Å²) in [6.07, 6.45) is 0.890. The number of nitrogens with zero attached hydrogens (tertiary/aromatic N) is 1. The van der Waals surface area contributed by atoms with Gasteiger partial charge in [-0.3, -0.25) is 4.90 Å². The highest BCUT2D eigenvalue weighted by molar-refractivity contribution is 4.88. The number of hydrogen-bond acceptors (Lipinski definition) is 1. The predicted molar refractivity (Wildman–Crippen MR) is 40.9 cm³/mol. The van der Waals surface area contributed by atoms with E-state index in [4.69, 9.17) is 0 Å². The fraction of sp³-hybridized carbons (Fsp3) is 1.00. The SMILES string of the molecule is CCC1CC(F)(F)CN1CC. The van der Waals surface area contributed by atoms with E-state index in [9.17, 15) is 8.78 Å². The van der Waals surface area contributed by atoms with Crippen LogP contribution < -0.4 is 0 Å². The lowest BCUT2D eigenvalue weighted by Crippen LogP contribution is -2.29. The van der Waals surface area contributed by atoms with Gasteiger partial charge in [0.2, 0.25) is 0 Å². The van der Waals surface area contributed by atoms with Crippen molar-refractivity contribution < 1.29 is 8.78 Å². The van der Waals surface area contributed by atoms with Crippen molar-refractivity contribution in [3.05, 3.63) is 0 Å². The molecular formula is C8H15F2N.